The molecule has 3 aromatic rings. The summed E-state index contributed by atoms with van der Waals surface area (Å²) in [4.78, 5) is 16.3. The highest BCUT2D eigenvalue weighted by Gasteiger charge is 2.20. The number of benzene rings is 1. The van der Waals surface area contributed by atoms with Crippen LogP contribution in [0.3, 0.4) is 0 Å². The van der Waals surface area contributed by atoms with Crippen LogP contribution in [0.25, 0.3) is 0 Å². The highest BCUT2D eigenvalue weighted by Crippen LogP contribution is 2.20. The lowest BCUT2D eigenvalue weighted by atomic mass is 10.1. The Kier molecular flexibility index (Phi) is 4.46. The molecule has 1 aromatic carbocycles. The smallest absolute Gasteiger partial charge is 0.342 e. The van der Waals surface area contributed by atoms with Gasteiger partial charge in [0.15, 0.2) is 0 Å². The molecule has 0 saturated heterocycles. The maximum Gasteiger partial charge on any atom is 0.342 e. The first-order chi connectivity index (χ1) is 11.3. The van der Waals surface area contributed by atoms with Gasteiger partial charge in [-0.05, 0) is 12.5 Å². The topological polar surface area (TPSA) is 74.8 Å². The summed E-state index contributed by atoms with van der Waals surface area (Å²) in [5.74, 6) is -0.404. The second kappa shape index (κ2) is 6.87. The van der Waals surface area contributed by atoms with Crippen LogP contribution in [0.4, 0.5) is 0 Å². The van der Waals surface area contributed by atoms with Crippen molar-refractivity contribution in [2.45, 2.75) is 26.1 Å². The van der Waals surface area contributed by atoms with E-state index < -0.39 is 12.1 Å². The van der Waals surface area contributed by atoms with E-state index in [2.05, 4.69) is 15.2 Å². The van der Waals surface area contributed by atoms with E-state index in [4.69, 9.17) is 4.74 Å². The lowest BCUT2D eigenvalue weighted by Gasteiger charge is -2.17. The van der Waals surface area contributed by atoms with Crippen molar-refractivity contribution in [3.05, 3.63) is 66.5 Å². The summed E-state index contributed by atoms with van der Waals surface area (Å²) in [6.45, 7) is 3.06. The maximum atomic E-state index is 12.4. The normalized spacial score (nSPS) is 12.0. The standard InChI is InChI=1S/C16H17N5O2/c1-2-20-9-14(8-18-20)16(22)23-15(10-21-12-17-11-19-21)13-6-4-3-5-7-13/h3-9,11-12,15H,2,10H2,1H3. The van der Waals surface area contributed by atoms with Gasteiger partial charge in [0.05, 0.1) is 18.3 Å². The molecular weight excluding hydrogens is 294 g/mol. The van der Waals surface area contributed by atoms with E-state index in [0.29, 0.717) is 18.7 Å². The fourth-order valence-corrected chi connectivity index (χ4v) is 2.21. The van der Waals surface area contributed by atoms with Gasteiger partial charge in [0.2, 0.25) is 0 Å². The third-order valence-corrected chi connectivity index (χ3v) is 3.43. The number of rotatable bonds is 6. The van der Waals surface area contributed by atoms with Crippen LogP contribution in [0.5, 0.6) is 0 Å². The highest BCUT2D eigenvalue weighted by molar-refractivity contribution is 5.88. The number of aromatic nitrogens is 5. The van der Waals surface area contributed by atoms with Gasteiger partial charge >= 0.3 is 5.97 Å². The van der Waals surface area contributed by atoms with Crippen LogP contribution in [-0.2, 0) is 17.8 Å². The Labute approximate surface area is 133 Å². The molecule has 0 spiro atoms. The Hall–Kier alpha value is -2.96. The van der Waals surface area contributed by atoms with E-state index >= 15 is 0 Å². The first kappa shape index (κ1) is 15.0. The lowest BCUT2D eigenvalue weighted by Crippen LogP contribution is -2.17. The molecule has 0 fully saturated rings. The Bertz CT molecular complexity index is 752. The molecule has 1 unspecified atom stereocenters. The molecule has 3 rings (SSSR count). The van der Waals surface area contributed by atoms with Crippen LogP contribution in [0.15, 0.2) is 55.4 Å². The Balaban J connectivity index is 1.79. The van der Waals surface area contributed by atoms with E-state index in [1.165, 1.54) is 12.5 Å². The molecule has 118 valence electrons. The Morgan fingerprint density at radius 3 is 2.70 bits per heavy atom. The number of esters is 1. The monoisotopic (exact) mass is 311 g/mol. The molecule has 0 aliphatic rings. The van der Waals surface area contributed by atoms with Crippen LogP contribution in [0.2, 0.25) is 0 Å². The van der Waals surface area contributed by atoms with E-state index in [1.807, 2.05) is 37.3 Å². The van der Waals surface area contributed by atoms with Gasteiger partial charge in [-0.2, -0.15) is 10.2 Å². The SMILES string of the molecule is CCn1cc(C(=O)OC(Cn2cncn2)c2ccccc2)cn1. The summed E-state index contributed by atoms with van der Waals surface area (Å²) >= 11 is 0. The second-order valence-electron chi connectivity index (χ2n) is 5.01. The van der Waals surface area contributed by atoms with Crippen LogP contribution >= 0.6 is 0 Å². The number of carbonyl (C=O) groups excluding carboxylic acids is 1. The van der Waals surface area contributed by atoms with Gasteiger partial charge in [0, 0.05) is 12.7 Å². The number of aryl methyl sites for hydroxylation is 1. The van der Waals surface area contributed by atoms with Crippen molar-refractivity contribution in [3.8, 4) is 0 Å². The average Bonchev–Trinajstić information content (AvgIpc) is 3.26. The first-order valence-corrected chi connectivity index (χ1v) is 7.37. The van der Waals surface area contributed by atoms with Crippen LogP contribution in [0, 0.1) is 0 Å². The molecule has 0 saturated carbocycles. The zero-order chi connectivity index (χ0) is 16.1. The minimum Gasteiger partial charge on any atom is -0.452 e. The van der Waals surface area contributed by atoms with E-state index in [9.17, 15) is 4.79 Å². The number of carbonyl (C=O) groups is 1. The van der Waals surface area contributed by atoms with Gasteiger partial charge in [0.25, 0.3) is 0 Å². The van der Waals surface area contributed by atoms with Crippen molar-refractivity contribution in [1.82, 2.24) is 24.5 Å². The molecule has 7 heteroatoms. The van der Waals surface area contributed by atoms with Gasteiger partial charge < -0.3 is 4.74 Å². The summed E-state index contributed by atoms with van der Waals surface area (Å²) < 4.78 is 9.00. The Morgan fingerprint density at radius 2 is 2.04 bits per heavy atom. The highest BCUT2D eigenvalue weighted by atomic mass is 16.5. The van der Waals surface area contributed by atoms with Crippen molar-refractivity contribution in [3.63, 3.8) is 0 Å². The van der Waals surface area contributed by atoms with Gasteiger partial charge in [-0.25, -0.2) is 14.5 Å². The fraction of sp³-hybridized carbons (Fsp3) is 0.250. The summed E-state index contributed by atoms with van der Waals surface area (Å²) in [6, 6.07) is 9.58. The summed E-state index contributed by atoms with van der Waals surface area (Å²) in [5.41, 5.74) is 1.34. The third-order valence-electron chi connectivity index (χ3n) is 3.43. The average molecular weight is 311 g/mol. The van der Waals surface area contributed by atoms with E-state index in [1.54, 1.807) is 21.9 Å². The van der Waals surface area contributed by atoms with Gasteiger partial charge in [-0.1, -0.05) is 30.3 Å². The Morgan fingerprint density at radius 1 is 1.22 bits per heavy atom. The molecule has 2 heterocycles. The third kappa shape index (κ3) is 3.63. The second-order valence-corrected chi connectivity index (χ2v) is 5.01. The fourth-order valence-electron chi connectivity index (χ4n) is 2.21. The van der Waals surface area contributed by atoms with Crippen LogP contribution in [0.1, 0.15) is 28.9 Å². The van der Waals surface area contributed by atoms with Crippen molar-refractivity contribution >= 4 is 5.97 Å². The maximum absolute atomic E-state index is 12.4. The van der Waals surface area contributed by atoms with Crippen LogP contribution < -0.4 is 0 Å². The minimum absolute atomic E-state index is 0.400. The summed E-state index contributed by atoms with van der Waals surface area (Å²) in [7, 11) is 0. The van der Waals surface area contributed by atoms with Crippen molar-refractivity contribution in [2.24, 2.45) is 0 Å². The molecule has 0 bridgehead atoms. The van der Waals surface area contributed by atoms with E-state index in [0.717, 1.165) is 5.56 Å². The van der Waals surface area contributed by atoms with Crippen LogP contribution in [-0.4, -0.2) is 30.5 Å². The van der Waals surface area contributed by atoms with Gasteiger partial charge in [-0.15, -0.1) is 0 Å². The zero-order valence-electron chi connectivity index (χ0n) is 12.7. The number of ether oxygens (including phenoxy) is 1. The quantitative estimate of drug-likeness (QED) is 0.652. The van der Waals surface area contributed by atoms with Gasteiger partial charge in [0.1, 0.15) is 18.8 Å². The molecule has 23 heavy (non-hydrogen) atoms. The number of hydrogen-bond acceptors (Lipinski definition) is 5. The largest absolute Gasteiger partial charge is 0.452 e. The van der Waals surface area contributed by atoms with Crippen molar-refractivity contribution < 1.29 is 9.53 Å². The predicted octanol–water partition coefficient (Wildman–Crippen LogP) is 2.09. The van der Waals surface area contributed by atoms with Crippen molar-refractivity contribution in [1.29, 1.82) is 0 Å². The molecule has 0 aliphatic heterocycles. The molecule has 7 nitrogen and oxygen atoms in total. The molecule has 0 N–H and O–H groups in total. The zero-order valence-corrected chi connectivity index (χ0v) is 12.7. The van der Waals surface area contributed by atoms with Crippen molar-refractivity contribution in [2.75, 3.05) is 0 Å². The molecule has 0 amide bonds. The molecular formula is C16H17N5O2. The van der Waals surface area contributed by atoms with E-state index in [-0.39, 0.29) is 0 Å². The molecule has 2 aromatic heterocycles. The lowest BCUT2D eigenvalue weighted by molar-refractivity contribution is 0.0246. The molecule has 0 radical (unpaired) electrons. The molecule has 0 aliphatic carbocycles. The number of nitrogens with zero attached hydrogens (tertiary/aromatic N) is 5. The number of hydrogen-bond donors (Lipinski definition) is 0. The molecule has 1 atom stereocenters. The minimum atomic E-state index is -0.449. The summed E-state index contributed by atoms with van der Waals surface area (Å²) in [6.07, 6.45) is 5.80. The van der Waals surface area contributed by atoms with Gasteiger partial charge in [-0.3, -0.25) is 4.68 Å². The first-order valence-electron chi connectivity index (χ1n) is 7.37. The predicted molar refractivity (Wildman–Crippen MR) is 82.5 cm³/mol. The summed E-state index contributed by atoms with van der Waals surface area (Å²) in [5, 5.41) is 8.18.